The lowest BCUT2D eigenvalue weighted by Crippen LogP contribution is -2.67. The zero-order chi connectivity index (χ0) is 15.3. The fourth-order valence-electron chi connectivity index (χ4n) is 3.26. The molecule has 2 fully saturated rings. The van der Waals surface area contributed by atoms with Crippen LogP contribution in [0.15, 0.2) is 0 Å². The summed E-state index contributed by atoms with van der Waals surface area (Å²) in [6, 6.07) is 0. The van der Waals surface area contributed by atoms with E-state index in [1.54, 1.807) is 4.90 Å². The molecule has 1 heterocycles. The average molecular weight is 296 g/mol. The summed E-state index contributed by atoms with van der Waals surface area (Å²) in [5.41, 5.74) is -0.605. The second-order valence-electron chi connectivity index (χ2n) is 6.74. The van der Waals surface area contributed by atoms with Crippen LogP contribution in [-0.4, -0.2) is 48.6 Å². The predicted molar refractivity (Wildman–Crippen MR) is 80.8 cm³/mol. The Morgan fingerprint density at radius 2 is 1.95 bits per heavy atom. The molecule has 1 aliphatic carbocycles. The van der Waals surface area contributed by atoms with Gasteiger partial charge in [-0.25, -0.2) is 0 Å². The van der Waals surface area contributed by atoms with Crippen LogP contribution in [0.5, 0.6) is 0 Å². The van der Waals surface area contributed by atoms with Gasteiger partial charge >= 0.3 is 0 Å². The summed E-state index contributed by atoms with van der Waals surface area (Å²) in [4.78, 5) is 26.3. The van der Waals surface area contributed by atoms with E-state index in [-0.39, 0.29) is 18.4 Å². The Morgan fingerprint density at radius 1 is 1.24 bits per heavy atom. The minimum Gasteiger partial charge on any atom is -0.381 e. The molecular formula is C16H28N2O3. The minimum absolute atomic E-state index is 0.0143. The van der Waals surface area contributed by atoms with Crippen LogP contribution >= 0.6 is 0 Å². The molecule has 0 aromatic carbocycles. The molecule has 120 valence electrons. The molecule has 1 spiro atoms. The molecular weight excluding hydrogens is 268 g/mol. The topological polar surface area (TPSA) is 58.6 Å². The lowest BCUT2D eigenvalue weighted by Gasteiger charge is -2.44. The minimum atomic E-state index is -0.605. The van der Waals surface area contributed by atoms with Gasteiger partial charge < -0.3 is 15.0 Å². The van der Waals surface area contributed by atoms with Gasteiger partial charge in [0, 0.05) is 19.8 Å². The number of rotatable bonds is 6. The second kappa shape index (κ2) is 7.25. The molecule has 5 nitrogen and oxygen atoms in total. The molecule has 2 aliphatic rings. The van der Waals surface area contributed by atoms with E-state index in [1.807, 2.05) is 0 Å². The van der Waals surface area contributed by atoms with Crippen molar-refractivity contribution >= 4 is 11.8 Å². The fraction of sp³-hybridized carbons (Fsp3) is 0.875. The van der Waals surface area contributed by atoms with Crippen LogP contribution < -0.4 is 5.32 Å². The van der Waals surface area contributed by atoms with Crippen molar-refractivity contribution < 1.29 is 14.3 Å². The summed E-state index contributed by atoms with van der Waals surface area (Å²) >= 11 is 0. The normalized spacial score (nSPS) is 22.0. The highest BCUT2D eigenvalue weighted by atomic mass is 16.5. The van der Waals surface area contributed by atoms with Crippen molar-refractivity contribution in [3.63, 3.8) is 0 Å². The lowest BCUT2D eigenvalue weighted by atomic mass is 9.79. The Labute approximate surface area is 127 Å². The summed E-state index contributed by atoms with van der Waals surface area (Å²) in [6.07, 6.45) is 5.58. The lowest BCUT2D eigenvalue weighted by molar-refractivity contribution is -0.151. The highest BCUT2D eigenvalue weighted by Crippen LogP contribution is 2.31. The first-order valence-corrected chi connectivity index (χ1v) is 8.22. The van der Waals surface area contributed by atoms with E-state index >= 15 is 0 Å². The maximum absolute atomic E-state index is 12.7. The van der Waals surface area contributed by atoms with E-state index in [0.717, 1.165) is 45.1 Å². The summed E-state index contributed by atoms with van der Waals surface area (Å²) in [6.45, 7) is 6.45. The van der Waals surface area contributed by atoms with Crippen molar-refractivity contribution in [1.82, 2.24) is 10.2 Å². The summed E-state index contributed by atoms with van der Waals surface area (Å²) in [7, 11) is 0. The van der Waals surface area contributed by atoms with Crippen molar-refractivity contribution in [2.75, 3.05) is 26.3 Å². The quantitative estimate of drug-likeness (QED) is 0.759. The SMILES string of the molecule is CC(C)COCCCN1CC(=O)NC2(CCCCC2)C1=O. The number of nitrogens with zero attached hydrogens (tertiary/aromatic N) is 1. The van der Waals surface area contributed by atoms with Gasteiger partial charge in [-0.15, -0.1) is 0 Å². The van der Waals surface area contributed by atoms with Gasteiger partial charge in [-0.1, -0.05) is 33.1 Å². The monoisotopic (exact) mass is 296 g/mol. The van der Waals surface area contributed by atoms with Crippen LogP contribution in [-0.2, 0) is 14.3 Å². The van der Waals surface area contributed by atoms with Crippen LogP contribution in [0.4, 0.5) is 0 Å². The molecule has 0 unspecified atom stereocenters. The molecule has 1 N–H and O–H groups in total. The van der Waals surface area contributed by atoms with Gasteiger partial charge in [-0.2, -0.15) is 0 Å². The zero-order valence-corrected chi connectivity index (χ0v) is 13.3. The molecule has 2 rings (SSSR count). The molecule has 1 aliphatic heterocycles. The first-order chi connectivity index (χ1) is 10.0. The van der Waals surface area contributed by atoms with Gasteiger partial charge in [0.15, 0.2) is 0 Å². The Bertz CT molecular complexity index is 376. The number of carbonyl (C=O) groups excluding carboxylic acids is 2. The Kier molecular flexibility index (Phi) is 5.62. The average Bonchev–Trinajstić information content (AvgIpc) is 2.44. The van der Waals surface area contributed by atoms with Crippen molar-refractivity contribution in [1.29, 1.82) is 0 Å². The van der Waals surface area contributed by atoms with Gasteiger partial charge in [0.25, 0.3) is 0 Å². The predicted octanol–water partition coefficient (Wildman–Crippen LogP) is 1.71. The molecule has 0 atom stereocenters. The third-order valence-corrected chi connectivity index (χ3v) is 4.28. The van der Waals surface area contributed by atoms with Gasteiger partial charge in [-0.3, -0.25) is 9.59 Å². The first-order valence-electron chi connectivity index (χ1n) is 8.22. The summed E-state index contributed by atoms with van der Waals surface area (Å²) in [5, 5.41) is 2.97. The molecule has 21 heavy (non-hydrogen) atoms. The number of hydrogen-bond acceptors (Lipinski definition) is 3. The third kappa shape index (κ3) is 4.19. The van der Waals surface area contributed by atoms with Crippen molar-refractivity contribution in [2.24, 2.45) is 5.92 Å². The number of ether oxygens (including phenoxy) is 1. The van der Waals surface area contributed by atoms with Crippen LogP contribution in [0, 0.1) is 5.92 Å². The van der Waals surface area contributed by atoms with Crippen LogP contribution in [0.2, 0.25) is 0 Å². The summed E-state index contributed by atoms with van der Waals surface area (Å²) in [5.74, 6) is 0.628. The molecule has 0 aromatic heterocycles. The Morgan fingerprint density at radius 3 is 2.62 bits per heavy atom. The van der Waals surface area contributed by atoms with E-state index in [0.29, 0.717) is 19.1 Å². The molecule has 5 heteroatoms. The maximum Gasteiger partial charge on any atom is 0.248 e. The summed E-state index contributed by atoms with van der Waals surface area (Å²) < 4.78 is 5.55. The molecule has 0 aromatic rings. The van der Waals surface area contributed by atoms with E-state index in [4.69, 9.17) is 4.74 Å². The van der Waals surface area contributed by atoms with E-state index < -0.39 is 5.54 Å². The third-order valence-electron chi connectivity index (χ3n) is 4.28. The Balaban J connectivity index is 1.84. The van der Waals surface area contributed by atoms with E-state index in [9.17, 15) is 9.59 Å². The standard InChI is InChI=1S/C16H28N2O3/c1-13(2)12-21-10-6-9-18-11-14(19)17-16(15(18)20)7-4-3-5-8-16/h13H,3-12H2,1-2H3,(H,17,19). The molecule has 1 saturated heterocycles. The number of nitrogens with one attached hydrogen (secondary N) is 1. The van der Waals surface area contributed by atoms with E-state index in [1.165, 1.54) is 0 Å². The number of carbonyl (C=O) groups is 2. The largest absolute Gasteiger partial charge is 0.381 e. The van der Waals surface area contributed by atoms with Crippen molar-refractivity contribution in [2.45, 2.75) is 57.9 Å². The highest BCUT2D eigenvalue weighted by Gasteiger charge is 2.46. The number of hydrogen-bond donors (Lipinski definition) is 1. The molecule has 2 amide bonds. The fourth-order valence-corrected chi connectivity index (χ4v) is 3.26. The zero-order valence-electron chi connectivity index (χ0n) is 13.3. The van der Waals surface area contributed by atoms with Crippen LogP contribution in [0.1, 0.15) is 52.4 Å². The Hall–Kier alpha value is -1.10. The van der Waals surface area contributed by atoms with Gasteiger partial charge in [0.2, 0.25) is 11.8 Å². The van der Waals surface area contributed by atoms with Gasteiger partial charge in [0.1, 0.15) is 5.54 Å². The second-order valence-corrected chi connectivity index (χ2v) is 6.74. The molecule has 0 bridgehead atoms. The first kappa shape index (κ1) is 16.3. The number of piperazine rings is 1. The van der Waals surface area contributed by atoms with Gasteiger partial charge in [0.05, 0.1) is 6.54 Å². The van der Waals surface area contributed by atoms with Crippen LogP contribution in [0.25, 0.3) is 0 Å². The van der Waals surface area contributed by atoms with Crippen LogP contribution in [0.3, 0.4) is 0 Å². The number of amides is 2. The highest BCUT2D eigenvalue weighted by molar-refractivity contribution is 5.98. The van der Waals surface area contributed by atoms with Crippen molar-refractivity contribution in [3.8, 4) is 0 Å². The maximum atomic E-state index is 12.7. The smallest absolute Gasteiger partial charge is 0.248 e. The van der Waals surface area contributed by atoms with E-state index in [2.05, 4.69) is 19.2 Å². The van der Waals surface area contributed by atoms with Crippen molar-refractivity contribution in [3.05, 3.63) is 0 Å². The molecule has 0 radical (unpaired) electrons. The van der Waals surface area contributed by atoms with Gasteiger partial charge in [-0.05, 0) is 25.2 Å². The molecule has 1 saturated carbocycles.